The molecule has 1 amide bonds. The van der Waals surface area contributed by atoms with Gasteiger partial charge in [-0.2, -0.15) is 0 Å². The number of amides is 1. The zero-order chi connectivity index (χ0) is 24.6. The number of benzene rings is 3. The maximum atomic E-state index is 13.2. The molecule has 0 fully saturated rings. The number of nitrogens with zero attached hydrogens (tertiary/aromatic N) is 1. The summed E-state index contributed by atoms with van der Waals surface area (Å²) in [5, 5.41) is 6.20. The van der Waals surface area contributed by atoms with Crippen molar-refractivity contribution in [1.29, 1.82) is 0 Å². The number of carbonyl (C=O) groups excluding carboxylic acids is 1. The number of aryl methyl sites for hydroxylation is 1. The van der Waals surface area contributed by atoms with Gasteiger partial charge >= 0.3 is 0 Å². The largest absolute Gasteiger partial charge is 0.493 e. The van der Waals surface area contributed by atoms with Crippen molar-refractivity contribution in [2.24, 2.45) is 0 Å². The predicted octanol–water partition coefficient (Wildman–Crippen LogP) is 6.04. The van der Waals surface area contributed by atoms with Crippen LogP contribution in [0.15, 0.2) is 78.2 Å². The summed E-state index contributed by atoms with van der Waals surface area (Å²) >= 11 is 1.65. The average Bonchev–Trinajstić information content (AvgIpc) is 3.34. The van der Waals surface area contributed by atoms with E-state index in [1.165, 1.54) is 0 Å². The van der Waals surface area contributed by atoms with Crippen LogP contribution < -0.4 is 14.8 Å². The Morgan fingerprint density at radius 2 is 1.71 bits per heavy atom. The molecule has 4 rings (SSSR count). The molecule has 4 aromatic rings. The highest BCUT2D eigenvalue weighted by Crippen LogP contribution is 2.29. The number of rotatable bonds is 9. The van der Waals surface area contributed by atoms with E-state index < -0.39 is 0 Å². The summed E-state index contributed by atoms with van der Waals surface area (Å²) < 4.78 is 10.7. The van der Waals surface area contributed by atoms with Gasteiger partial charge in [-0.05, 0) is 48.2 Å². The van der Waals surface area contributed by atoms with E-state index in [2.05, 4.69) is 39.9 Å². The van der Waals surface area contributed by atoms with Crippen LogP contribution in [0.2, 0.25) is 0 Å². The normalized spacial score (nSPS) is 11.2. The number of nitrogens with one attached hydrogen (secondary N) is 1. The Bertz CT molecular complexity index is 1310. The highest BCUT2D eigenvalue weighted by atomic mass is 32.1. The van der Waals surface area contributed by atoms with Gasteiger partial charge in [-0.3, -0.25) is 4.79 Å². The lowest BCUT2D eigenvalue weighted by atomic mass is 10.0. The molecule has 0 radical (unpaired) electrons. The third kappa shape index (κ3) is 6.16. The van der Waals surface area contributed by atoms with E-state index in [0.717, 1.165) is 39.4 Å². The van der Waals surface area contributed by atoms with Gasteiger partial charge < -0.3 is 14.8 Å². The topological polar surface area (TPSA) is 60.5 Å². The van der Waals surface area contributed by atoms with Gasteiger partial charge in [0.15, 0.2) is 11.5 Å². The van der Waals surface area contributed by atoms with E-state index in [0.29, 0.717) is 23.6 Å². The van der Waals surface area contributed by atoms with E-state index in [9.17, 15) is 4.79 Å². The lowest BCUT2D eigenvalue weighted by Crippen LogP contribution is -2.26. The fourth-order valence-electron chi connectivity index (χ4n) is 3.76. The predicted molar refractivity (Wildman–Crippen MR) is 143 cm³/mol. The average molecular weight is 485 g/mol. The summed E-state index contributed by atoms with van der Waals surface area (Å²) in [6.45, 7) is 2.54. The maximum absolute atomic E-state index is 13.2. The minimum absolute atomic E-state index is 0.124. The molecule has 0 aliphatic carbocycles. The summed E-state index contributed by atoms with van der Waals surface area (Å²) in [5.74, 6) is 1.14. The Balaban J connectivity index is 1.47. The molecule has 0 unspecified atom stereocenters. The minimum Gasteiger partial charge on any atom is -0.493 e. The molecule has 0 aliphatic heterocycles. The van der Waals surface area contributed by atoms with Crippen LogP contribution in [0.25, 0.3) is 22.9 Å². The van der Waals surface area contributed by atoms with Crippen molar-refractivity contribution in [3.63, 3.8) is 0 Å². The first-order valence-electron chi connectivity index (χ1n) is 11.4. The quantitative estimate of drug-likeness (QED) is 0.233. The minimum atomic E-state index is -0.124. The summed E-state index contributed by atoms with van der Waals surface area (Å²) in [6, 6.07) is 23.6. The molecule has 5 nitrogen and oxygen atoms in total. The molecule has 6 heteroatoms. The lowest BCUT2D eigenvalue weighted by Gasteiger charge is -2.12. The van der Waals surface area contributed by atoms with Gasteiger partial charge in [0.25, 0.3) is 5.91 Å². The molecule has 0 saturated heterocycles. The first-order chi connectivity index (χ1) is 17.1. The maximum Gasteiger partial charge on any atom is 0.251 e. The number of hydrogen-bond donors (Lipinski definition) is 1. The summed E-state index contributed by atoms with van der Waals surface area (Å²) in [6.07, 6.45) is 2.61. The second-order valence-corrected chi connectivity index (χ2v) is 9.06. The van der Waals surface area contributed by atoms with Crippen molar-refractivity contribution in [1.82, 2.24) is 10.3 Å². The number of hydrogen-bond acceptors (Lipinski definition) is 5. The van der Waals surface area contributed by atoms with E-state index in [1.807, 2.05) is 61.5 Å². The Kier molecular flexibility index (Phi) is 7.95. The molecule has 0 atom stereocenters. The van der Waals surface area contributed by atoms with Crippen LogP contribution in [0.4, 0.5) is 0 Å². The number of thiazole rings is 1. The van der Waals surface area contributed by atoms with Gasteiger partial charge in [0, 0.05) is 23.1 Å². The zero-order valence-corrected chi connectivity index (χ0v) is 20.9. The monoisotopic (exact) mass is 484 g/mol. The summed E-state index contributed by atoms with van der Waals surface area (Å²) in [7, 11) is 3.20. The van der Waals surface area contributed by atoms with Gasteiger partial charge in [0.1, 0.15) is 0 Å². The molecule has 178 valence electrons. The van der Waals surface area contributed by atoms with Crippen LogP contribution in [0.3, 0.4) is 0 Å². The Morgan fingerprint density at radius 3 is 2.37 bits per heavy atom. The molecule has 0 saturated carbocycles. The standard InChI is InChI=1S/C29H28N2O3S/c1-20-31-26(19-35-20)24-12-9-21(10-13-24)15-16-30-29(32)25(23-7-5-4-6-8-23)17-22-11-14-27(33-2)28(18-22)34-3/h4-14,17-19H,15-16H2,1-3H3,(H,30,32)/b25-17+. The molecular weight excluding hydrogens is 456 g/mol. The van der Waals surface area contributed by atoms with Gasteiger partial charge in [-0.15, -0.1) is 11.3 Å². The molecule has 1 heterocycles. The molecule has 0 bridgehead atoms. The first-order valence-corrected chi connectivity index (χ1v) is 12.2. The van der Waals surface area contributed by atoms with Gasteiger partial charge in [0.2, 0.25) is 0 Å². The molecule has 1 N–H and O–H groups in total. The number of carbonyl (C=O) groups is 1. The van der Waals surface area contributed by atoms with E-state index in [-0.39, 0.29) is 5.91 Å². The Hall–Kier alpha value is -3.90. The Labute approximate surface area is 210 Å². The van der Waals surface area contributed by atoms with Crippen LogP contribution in [0, 0.1) is 6.92 Å². The second-order valence-electron chi connectivity index (χ2n) is 7.99. The van der Waals surface area contributed by atoms with Gasteiger partial charge in [-0.25, -0.2) is 4.98 Å². The smallest absolute Gasteiger partial charge is 0.251 e. The molecule has 0 aliphatic rings. The highest BCUT2D eigenvalue weighted by molar-refractivity contribution is 7.09. The fourth-order valence-corrected chi connectivity index (χ4v) is 4.38. The van der Waals surface area contributed by atoms with Crippen molar-refractivity contribution < 1.29 is 14.3 Å². The molecular formula is C29H28N2O3S. The lowest BCUT2D eigenvalue weighted by molar-refractivity contribution is -0.115. The van der Waals surface area contributed by atoms with Gasteiger partial charge in [0.05, 0.1) is 24.9 Å². The molecule has 35 heavy (non-hydrogen) atoms. The summed E-state index contributed by atoms with van der Waals surface area (Å²) in [5.41, 5.74) is 5.55. The number of methoxy groups -OCH3 is 2. The van der Waals surface area contributed by atoms with Crippen LogP contribution in [0.1, 0.15) is 21.7 Å². The van der Waals surface area contributed by atoms with Crippen LogP contribution in [-0.2, 0) is 11.2 Å². The zero-order valence-electron chi connectivity index (χ0n) is 20.1. The van der Waals surface area contributed by atoms with E-state index in [1.54, 1.807) is 25.6 Å². The van der Waals surface area contributed by atoms with Crippen LogP contribution >= 0.6 is 11.3 Å². The SMILES string of the molecule is COc1ccc(/C=C(/C(=O)NCCc2ccc(-c3csc(C)n3)cc2)c2ccccc2)cc1OC. The number of aromatic nitrogens is 1. The number of ether oxygens (including phenoxy) is 2. The van der Waals surface area contributed by atoms with Gasteiger partial charge in [-0.1, -0.05) is 60.7 Å². The van der Waals surface area contributed by atoms with Crippen molar-refractivity contribution in [2.75, 3.05) is 20.8 Å². The first kappa shape index (κ1) is 24.2. The highest BCUT2D eigenvalue weighted by Gasteiger charge is 2.13. The van der Waals surface area contributed by atoms with Crippen molar-refractivity contribution in [2.45, 2.75) is 13.3 Å². The van der Waals surface area contributed by atoms with E-state index >= 15 is 0 Å². The molecule has 3 aromatic carbocycles. The Morgan fingerprint density at radius 1 is 0.971 bits per heavy atom. The van der Waals surface area contributed by atoms with Crippen LogP contribution in [0.5, 0.6) is 11.5 Å². The van der Waals surface area contributed by atoms with Crippen molar-refractivity contribution in [3.05, 3.63) is 99.9 Å². The fraction of sp³-hybridized carbons (Fsp3) is 0.172. The van der Waals surface area contributed by atoms with Crippen molar-refractivity contribution >= 4 is 28.9 Å². The molecule has 0 spiro atoms. The summed E-state index contributed by atoms with van der Waals surface area (Å²) in [4.78, 5) is 17.8. The molecule has 1 aromatic heterocycles. The second kappa shape index (κ2) is 11.5. The van der Waals surface area contributed by atoms with Crippen LogP contribution in [-0.4, -0.2) is 31.7 Å². The third-order valence-electron chi connectivity index (χ3n) is 5.62. The van der Waals surface area contributed by atoms with Crippen molar-refractivity contribution in [3.8, 4) is 22.8 Å². The van der Waals surface area contributed by atoms with E-state index in [4.69, 9.17) is 9.47 Å². The third-order valence-corrected chi connectivity index (χ3v) is 6.39.